The Balaban J connectivity index is 3.31. The molecule has 100 valence electrons. The number of anilines is 1. The monoisotopic (exact) mass is 272 g/mol. The van der Waals surface area contributed by atoms with Crippen LogP contribution in [0.1, 0.15) is 6.92 Å². The summed E-state index contributed by atoms with van der Waals surface area (Å²) in [7, 11) is 0.796. The minimum atomic E-state index is -3.53. The Morgan fingerprint density at radius 3 is 2.39 bits per heavy atom. The van der Waals surface area contributed by atoms with Crippen molar-refractivity contribution in [3.05, 3.63) is 18.2 Å². The van der Waals surface area contributed by atoms with Gasteiger partial charge in [-0.2, -0.15) is 0 Å². The van der Waals surface area contributed by atoms with E-state index in [1.165, 1.54) is 46.3 Å². The van der Waals surface area contributed by atoms with E-state index in [1.807, 2.05) is 0 Å². The molecule has 0 aromatic heterocycles. The number of hydrogen-bond donors (Lipinski definition) is 1. The summed E-state index contributed by atoms with van der Waals surface area (Å²) in [4.78, 5) is 11.1. The summed E-state index contributed by atoms with van der Waals surface area (Å²) in [5, 5.41) is 2.53. The Bertz CT molecular complexity index is 552. The van der Waals surface area contributed by atoms with Crippen molar-refractivity contribution in [2.24, 2.45) is 0 Å². The van der Waals surface area contributed by atoms with Gasteiger partial charge in [0.15, 0.2) is 0 Å². The van der Waals surface area contributed by atoms with Crippen molar-refractivity contribution in [3.63, 3.8) is 0 Å². The smallest absolute Gasteiger partial charge is 0.242 e. The number of carbonyl (C=O) groups excluding carboxylic acids is 1. The van der Waals surface area contributed by atoms with Crippen molar-refractivity contribution >= 4 is 21.6 Å². The Morgan fingerprint density at radius 1 is 1.33 bits per heavy atom. The molecule has 0 bridgehead atoms. The van der Waals surface area contributed by atoms with Crippen LogP contribution >= 0.6 is 0 Å². The second-order valence-corrected chi connectivity index (χ2v) is 5.98. The van der Waals surface area contributed by atoms with Crippen molar-refractivity contribution in [2.45, 2.75) is 11.8 Å². The molecule has 1 aromatic rings. The third-order valence-electron chi connectivity index (χ3n) is 2.26. The van der Waals surface area contributed by atoms with E-state index >= 15 is 0 Å². The summed E-state index contributed by atoms with van der Waals surface area (Å²) < 4.78 is 30.0. The number of benzene rings is 1. The largest absolute Gasteiger partial charge is 0.495 e. The summed E-state index contributed by atoms with van der Waals surface area (Å²) in [5.74, 6) is 0.107. The number of carbonyl (C=O) groups is 1. The highest BCUT2D eigenvalue weighted by molar-refractivity contribution is 7.89. The van der Waals surface area contributed by atoms with Crippen molar-refractivity contribution in [3.8, 4) is 5.75 Å². The molecule has 18 heavy (non-hydrogen) atoms. The number of nitrogens with zero attached hydrogens (tertiary/aromatic N) is 1. The molecule has 0 aliphatic carbocycles. The first-order valence-electron chi connectivity index (χ1n) is 5.17. The van der Waals surface area contributed by atoms with Gasteiger partial charge in [0.05, 0.1) is 17.7 Å². The zero-order valence-corrected chi connectivity index (χ0v) is 11.5. The van der Waals surface area contributed by atoms with Crippen LogP contribution in [0.15, 0.2) is 23.1 Å². The molecule has 0 unspecified atom stereocenters. The molecular weight excluding hydrogens is 256 g/mol. The van der Waals surface area contributed by atoms with Crippen molar-refractivity contribution in [1.82, 2.24) is 4.31 Å². The lowest BCUT2D eigenvalue weighted by atomic mass is 10.3. The summed E-state index contributed by atoms with van der Waals surface area (Å²) in [6.45, 7) is 1.34. The van der Waals surface area contributed by atoms with Gasteiger partial charge in [-0.1, -0.05) is 0 Å². The first kappa shape index (κ1) is 14.5. The number of sulfonamides is 1. The van der Waals surface area contributed by atoms with Gasteiger partial charge in [-0.25, -0.2) is 12.7 Å². The van der Waals surface area contributed by atoms with Crippen LogP contribution in [0.25, 0.3) is 0 Å². The molecule has 0 saturated heterocycles. The minimum Gasteiger partial charge on any atom is -0.495 e. The lowest BCUT2D eigenvalue weighted by molar-refractivity contribution is -0.114. The lowest BCUT2D eigenvalue weighted by Crippen LogP contribution is -2.22. The van der Waals surface area contributed by atoms with Crippen molar-refractivity contribution < 1.29 is 17.9 Å². The van der Waals surface area contributed by atoms with Crippen LogP contribution in [-0.2, 0) is 14.8 Å². The molecule has 0 spiro atoms. The van der Waals surface area contributed by atoms with Crippen LogP contribution in [0.5, 0.6) is 5.75 Å². The molecular formula is C11H16N2O4S. The van der Waals surface area contributed by atoms with E-state index in [1.54, 1.807) is 0 Å². The molecule has 7 heteroatoms. The maximum Gasteiger partial charge on any atom is 0.242 e. The predicted molar refractivity (Wildman–Crippen MR) is 68.2 cm³/mol. The Hall–Kier alpha value is -1.60. The van der Waals surface area contributed by atoms with Crippen LogP contribution in [0.4, 0.5) is 5.69 Å². The summed E-state index contributed by atoms with van der Waals surface area (Å²) in [5.41, 5.74) is 0.327. The third-order valence-corrected chi connectivity index (χ3v) is 4.07. The van der Waals surface area contributed by atoms with Crippen molar-refractivity contribution in [1.29, 1.82) is 0 Å². The zero-order chi connectivity index (χ0) is 13.9. The van der Waals surface area contributed by atoms with Gasteiger partial charge in [-0.3, -0.25) is 4.79 Å². The van der Waals surface area contributed by atoms with E-state index in [0.29, 0.717) is 11.4 Å². The van der Waals surface area contributed by atoms with Gasteiger partial charge in [-0.15, -0.1) is 0 Å². The molecule has 0 saturated carbocycles. The number of ether oxygens (including phenoxy) is 1. The van der Waals surface area contributed by atoms with Gasteiger partial charge >= 0.3 is 0 Å². The second kappa shape index (κ2) is 5.36. The number of rotatable bonds is 4. The maximum atomic E-state index is 11.9. The third kappa shape index (κ3) is 2.99. The molecule has 1 N–H and O–H groups in total. The van der Waals surface area contributed by atoms with E-state index in [9.17, 15) is 13.2 Å². The number of methoxy groups -OCH3 is 1. The molecule has 0 aliphatic heterocycles. The molecule has 1 amide bonds. The number of nitrogens with one attached hydrogen (secondary N) is 1. The average molecular weight is 272 g/mol. The van der Waals surface area contributed by atoms with Gasteiger partial charge in [-0.05, 0) is 18.2 Å². The van der Waals surface area contributed by atoms with Crippen LogP contribution in [0, 0.1) is 0 Å². The van der Waals surface area contributed by atoms with E-state index in [0.717, 1.165) is 4.31 Å². The number of amides is 1. The predicted octanol–water partition coefficient (Wildman–Crippen LogP) is 0.904. The summed E-state index contributed by atoms with van der Waals surface area (Å²) in [6.07, 6.45) is 0. The van der Waals surface area contributed by atoms with Crippen LogP contribution in [0.3, 0.4) is 0 Å². The Kier molecular flexibility index (Phi) is 4.31. The highest BCUT2D eigenvalue weighted by atomic mass is 32.2. The standard InChI is InChI=1S/C11H16N2O4S/c1-8(14)12-10-7-9(5-6-11(10)17-4)18(15,16)13(2)3/h5-7H,1-4H3,(H,12,14). The molecule has 0 fully saturated rings. The Labute approximate surface area is 107 Å². The molecule has 6 nitrogen and oxygen atoms in total. The van der Waals surface area contributed by atoms with E-state index < -0.39 is 10.0 Å². The van der Waals surface area contributed by atoms with E-state index in [4.69, 9.17) is 4.74 Å². The van der Waals surface area contributed by atoms with Gasteiger partial charge in [0.2, 0.25) is 15.9 Å². The molecule has 0 aliphatic rings. The first-order chi connectivity index (χ1) is 8.28. The fourth-order valence-corrected chi connectivity index (χ4v) is 2.27. The second-order valence-electron chi connectivity index (χ2n) is 3.83. The average Bonchev–Trinajstić information content (AvgIpc) is 2.27. The van der Waals surface area contributed by atoms with Crippen LogP contribution < -0.4 is 10.1 Å². The highest BCUT2D eigenvalue weighted by Crippen LogP contribution is 2.28. The molecule has 0 heterocycles. The van der Waals surface area contributed by atoms with Gasteiger partial charge in [0.1, 0.15) is 5.75 Å². The molecule has 1 aromatic carbocycles. The van der Waals surface area contributed by atoms with Gasteiger partial charge in [0, 0.05) is 21.0 Å². The topological polar surface area (TPSA) is 75.7 Å². The summed E-state index contributed by atoms with van der Waals surface area (Å²) >= 11 is 0. The maximum absolute atomic E-state index is 11.9. The Morgan fingerprint density at radius 2 is 1.94 bits per heavy atom. The minimum absolute atomic E-state index is 0.0945. The lowest BCUT2D eigenvalue weighted by Gasteiger charge is -2.14. The summed E-state index contributed by atoms with van der Waals surface area (Å²) in [6, 6.07) is 4.30. The van der Waals surface area contributed by atoms with E-state index in [2.05, 4.69) is 5.32 Å². The normalized spacial score (nSPS) is 11.4. The van der Waals surface area contributed by atoms with Crippen LogP contribution in [0.2, 0.25) is 0 Å². The molecule has 1 rings (SSSR count). The quantitative estimate of drug-likeness (QED) is 0.883. The zero-order valence-electron chi connectivity index (χ0n) is 10.7. The van der Waals surface area contributed by atoms with Crippen LogP contribution in [-0.4, -0.2) is 39.8 Å². The number of hydrogen-bond acceptors (Lipinski definition) is 4. The molecule has 0 atom stereocenters. The highest BCUT2D eigenvalue weighted by Gasteiger charge is 2.19. The molecule has 0 radical (unpaired) electrons. The van der Waals surface area contributed by atoms with E-state index in [-0.39, 0.29) is 10.8 Å². The van der Waals surface area contributed by atoms with Gasteiger partial charge in [0.25, 0.3) is 0 Å². The first-order valence-corrected chi connectivity index (χ1v) is 6.61. The fourth-order valence-electron chi connectivity index (χ4n) is 1.35. The van der Waals surface area contributed by atoms with Gasteiger partial charge < -0.3 is 10.1 Å². The fraction of sp³-hybridized carbons (Fsp3) is 0.364. The van der Waals surface area contributed by atoms with Crippen molar-refractivity contribution in [2.75, 3.05) is 26.5 Å². The SMILES string of the molecule is COc1ccc(S(=O)(=O)N(C)C)cc1NC(C)=O.